The van der Waals surface area contributed by atoms with Gasteiger partial charge in [0.15, 0.2) is 0 Å². The number of likely N-dealkylation sites (N-methyl/N-ethyl adjacent to an activating group) is 1. The number of halogens is 4. The number of rotatable bonds is 7. The molecule has 2 rings (SSSR count). The van der Waals surface area contributed by atoms with Crippen molar-refractivity contribution in [3.63, 3.8) is 0 Å². The van der Waals surface area contributed by atoms with E-state index in [0.29, 0.717) is 11.5 Å². The first kappa shape index (κ1) is 39.1. The van der Waals surface area contributed by atoms with E-state index >= 15 is 0 Å². The van der Waals surface area contributed by atoms with Gasteiger partial charge in [0.1, 0.15) is 11.5 Å². The summed E-state index contributed by atoms with van der Waals surface area (Å²) in [5.41, 5.74) is 6.10. The summed E-state index contributed by atoms with van der Waals surface area (Å²) in [6.07, 6.45) is 0. The third kappa shape index (κ3) is 15.6. The second-order valence-electron chi connectivity index (χ2n) is 7.81. The zero-order valence-corrected chi connectivity index (χ0v) is 27.6. The van der Waals surface area contributed by atoms with Crippen LogP contribution in [0.4, 0.5) is 0 Å². The van der Waals surface area contributed by atoms with Gasteiger partial charge in [-0.2, -0.15) is 0 Å². The number of aromatic hydroxyl groups is 2. The summed E-state index contributed by atoms with van der Waals surface area (Å²) in [5, 5.41) is 20.0. The van der Waals surface area contributed by atoms with E-state index in [-0.39, 0.29) is 14.9 Å². The fourth-order valence-corrected chi connectivity index (χ4v) is 3.35. The van der Waals surface area contributed by atoms with E-state index in [4.69, 9.17) is 37.2 Å². The Hall–Kier alpha value is 0.549. The minimum atomic E-state index is -0.556. The van der Waals surface area contributed by atoms with Gasteiger partial charge < -0.3 is 30.0 Å². The number of benzene rings is 2. The van der Waals surface area contributed by atoms with E-state index in [1.165, 1.54) is 11.1 Å². The SMILES string of the molecule is Cc1cc(CN(CCN(C)C)Cc2cc(C)c(O)c(C)c2)cc(C)c1O.[CH3-].[CH3-].[Cl][Ti][Cl].[Cl][Ti][Cl]. The van der Waals surface area contributed by atoms with Crippen molar-refractivity contribution in [3.8, 4) is 11.5 Å². The molecule has 4 nitrogen and oxygen atoms in total. The molecule has 194 valence electrons. The summed E-state index contributed by atoms with van der Waals surface area (Å²) < 4.78 is 0. The van der Waals surface area contributed by atoms with Crippen molar-refractivity contribution >= 4 is 37.2 Å². The fourth-order valence-electron chi connectivity index (χ4n) is 3.35. The molecule has 0 saturated carbocycles. The first-order chi connectivity index (χ1) is 15.0. The molecular formula is C24H38Cl4N2O2Ti2-2. The van der Waals surface area contributed by atoms with Crippen molar-refractivity contribution in [2.45, 2.75) is 40.8 Å². The van der Waals surface area contributed by atoms with E-state index in [9.17, 15) is 10.2 Å². The number of hydrogen-bond acceptors (Lipinski definition) is 4. The Kier molecular flexibility index (Phi) is 24.8. The number of phenolic OH excluding ortho intramolecular Hbond substituents is 2. The van der Waals surface area contributed by atoms with Gasteiger partial charge in [-0.05, 0) is 75.2 Å². The topological polar surface area (TPSA) is 46.9 Å². The zero-order valence-electron chi connectivity index (χ0n) is 21.4. The average molecular weight is 624 g/mol. The summed E-state index contributed by atoms with van der Waals surface area (Å²) in [6.45, 7) is 11.4. The summed E-state index contributed by atoms with van der Waals surface area (Å²) in [5.74, 6) is 0.775. The predicted octanol–water partition coefficient (Wildman–Crippen LogP) is 7.55. The molecule has 0 saturated heterocycles. The minimum absolute atomic E-state index is 0. The Morgan fingerprint density at radius 3 is 1.15 bits per heavy atom. The van der Waals surface area contributed by atoms with Crippen LogP contribution in [0, 0.1) is 42.5 Å². The van der Waals surface area contributed by atoms with Crippen molar-refractivity contribution < 1.29 is 44.3 Å². The third-order valence-electron chi connectivity index (χ3n) is 4.78. The van der Waals surface area contributed by atoms with Gasteiger partial charge in [0, 0.05) is 26.2 Å². The van der Waals surface area contributed by atoms with Crippen molar-refractivity contribution in [2.75, 3.05) is 27.2 Å². The van der Waals surface area contributed by atoms with Gasteiger partial charge in [-0.15, -0.1) is 0 Å². The molecule has 2 N–H and O–H groups in total. The fraction of sp³-hybridized carbons (Fsp3) is 0.417. The molecular weight excluding hydrogens is 586 g/mol. The average Bonchev–Trinajstić information content (AvgIpc) is 2.69. The Bertz CT molecular complexity index is 720. The molecule has 0 aromatic heterocycles. The normalized spacial score (nSPS) is 9.65. The van der Waals surface area contributed by atoms with Crippen LogP contribution in [-0.2, 0) is 47.2 Å². The molecule has 0 aliphatic rings. The van der Waals surface area contributed by atoms with E-state index in [1.54, 1.807) is 0 Å². The monoisotopic (exact) mass is 622 g/mol. The Labute approximate surface area is 241 Å². The standard InChI is InChI=1S/C22H32N2O2.2CH3.4ClH.2Ti/c1-15-9-19(10-16(2)21(15)25)13-24(8-7-23(5)6)14-20-11-17(3)22(26)18(4)12-20;;;;;;;;/h9-12,25-26H,7-8,13-14H2,1-6H3;2*1H3;4*1H;;/q;2*-1;;;;;2*+2/p-4. The summed E-state index contributed by atoms with van der Waals surface area (Å²) in [7, 11) is 23.7. The second-order valence-corrected chi connectivity index (χ2v) is 13.0. The van der Waals surface area contributed by atoms with E-state index in [0.717, 1.165) is 48.4 Å². The summed E-state index contributed by atoms with van der Waals surface area (Å²) >= 11 is -1.11. The van der Waals surface area contributed by atoms with E-state index in [2.05, 4.69) is 48.2 Å². The molecule has 0 aliphatic heterocycles. The van der Waals surface area contributed by atoms with Gasteiger partial charge in [-0.25, -0.2) is 0 Å². The number of phenols is 2. The van der Waals surface area contributed by atoms with Crippen molar-refractivity contribution in [2.24, 2.45) is 0 Å². The van der Waals surface area contributed by atoms with Crippen LogP contribution >= 0.6 is 37.2 Å². The molecule has 0 amide bonds. The number of nitrogens with zero attached hydrogens (tertiary/aromatic N) is 2. The van der Waals surface area contributed by atoms with Crippen LogP contribution in [0.3, 0.4) is 0 Å². The van der Waals surface area contributed by atoms with Gasteiger partial charge in [-0.1, -0.05) is 24.3 Å². The summed E-state index contributed by atoms with van der Waals surface area (Å²) in [4.78, 5) is 4.60. The number of aryl methyl sites for hydroxylation is 4. The summed E-state index contributed by atoms with van der Waals surface area (Å²) in [6, 6.07) is 8.27. The van der Waals surface area contributed by atoms with Crippen LogP contribution in [0.25, 0.3) is 0 Å². The van der Waals surface area contributed by atoms with Crippen molar-refractivity contribution in [1.29, 1.82) is 0 Å². The van der Waals surface area contributed by atoms with Gasteiger partial charge in [0.25, 0.3) is 0 Å². The van der Waals surface area contributed by atoms with Crippen LogP contribution in [0.2, 0.25) is 0 Å². The van der Waals surface area contributed by atoms with Gasteiger partial charge in [0.05, 0.1) is 0 Å². The van der Waals surface area contributed by atoms with Gasteiger partial charge in [-0.3, -0.25) is 4.90 Å². The number of hydrogen-bond donors (Lipinski definition) is 2. The van der Waals surface area contributed by atoms with Crippen LogP contribution in [0.15, 0.2) is 24.3 Å². The molecule has 2 aromatic carbocycles. The molecule has 0 bridgehead atoms. The Morgan fingerprint density at radius 1 is 0.647 bits per heavy atom. The molecule has 34 heavy (non-hydrogen) atoms. The maximum absolute atomic E-state index is 10.0. The molecule has 0 fully saturated rings. The zero-order chi connectivity index (χ0) is 24.8. The van der Waals surface area contributed by atoms with Gasteiger partial charge >= 0.3 is 71.3 Å². The molecule has 0 spiro atoms. The molecule has 2 aromatic rings. The predicted molar refractivity (Wildman–Crippen MR) is 144 cm³/mol. The van der Waals surface area contributed by atoms with E-state index < -0.39 is 34.1 Å². The van der Waals surface area contributed by atoms with E-state index in [1.807, 2.05) is 27.7 Å². The maximum atomic E-state index is 10.0. The molecule has 10 heteroatoms. The molecule has 0 atom stereocenters. The first-order valence-electron chi connectivity index (χ1n) is 9.88. The van der Waals surface area contributed by atoms with Crippen molar-refractivity contribution in [3.05, 3.63) is 72.5 Å². The second kappa shape index (κ2) is 21.6. The van der Waals surface area contributed by atoms with Crippen molar-refractivity contribution in [1.82, 2.24) is 9.80 Å². The Balaban J connectivity index is -0.00000109. The van der Waals surface area contributed by atoms with Crippen LogP contribution in [0.5, 0.6) is 11.5 Å². The quantitative estimate of drug-likeness (QED) is 0.247. The molecule has 0 unspecified atom stereocenters. The molecule has 0 radical (unpaired) electrons. The van der Waals surface area contributed by atoms with Gasteiger partial charge in [0.2, 0.25) is 0 Å². The van der Waals surface area contributed by atoms with Crippen LogP contribution in [-0.4, -0.2) is 47.2 Å². The van der Waals surface area contributed by atoms with Crippen LogP contribution < -0.4 is 0 Å². The third-order valence-corrected chi connectivity index (χ3v) is 4.78. The first-order valence-corrected chi connectivity index (χ1v) is 18.5. The Morgan fingerprint density at radius 2 is 0.912 bits per heavy atom. The molecule has 0 heterocycles. The molecule has 0 aliphatic carbocycles. The van der Waals surface area contributed by atoms with Crippen LogP contribution in [0.1, 0.15) is 33.4 Å².